The number of nitrogens with zero attached hydrogens (tertiary/aromatic N) is 4. The minimum Gasteiger partial charge on any atom is -0.343 e. The second-order valence-electron chi connectivity index (χ2n) is 9.65. The van der Waals surface area contributed by atoms with E-state index >= 15 is 0 Å². The Labute approximate surface area is 237 Å². The van der Waals surface area contributed by atoms with Crippen LogP contribution in [0.25, 0.3) is 0 Å². The SMILES string of the molecule is CC(=N)N1C(=N)[C@H](CC(=O)N2CCCCC2)N=C(c2ccc(Cl)cc2)c2c1sc(C#Cc1ccccn1)c2C. The summed E-state index contributed by atoms with van der Waals surface area (Å²) in [5, 5.41) is 19.1. The van der Waals surface area contributed by atoms with Gasteiger partial charge in [0.1, 0.15) is 28.4 Å². The van der Waals surface area contributed by atoms with E-state index in [1.165, 1.54) is 11.3 Å². The molecule has 7 nitrogen and oxygen atoms in total. The molecule has 39 heavy (non-hydrogen) atoms. The number of hydrogen-bond acceptors (Lipinski definition) is 6. The zero-order valence-electron chi connectivity index (χ0n) is 21.9. The molecule has 0 aliphatic carbocycles. The molecule has 1 atom stereocenters. The molecule has 5 rings (SSSR count). The van der Waals surface area contributed by atoms with Gasteiger partial charge in [-0.25, -0.2) is 4.98 Å². The molecular formula is C30H29ClN6OS. The summed E-state index contributed by atoms with van der Waals surface area (Å²) in [5.74, 6) is 6.68. The Bertz CT molecular complexity index is 1510. The van der Waals surface area contributed by atoms with E-state index < -0.39 is 6.04 Å². The average molecular weight is 557 g/mol. The first-order valence-electron chi connectivity index (χ1n) is 13.0. The molecule has 2 aliphatic rings. The van der Waals surface area contributed by atoms with E-state index in [1.807, 2.05) is 54.3 Å². The number of fused-ring (bicyclic) bond motifs is 1. The molecule has 198 valence electrons. The van der Waals surface area contributed by atoms with E-state index in [9.17, 15) is 4.79 Å². The standard InChI is InChI=1S/C30H29ClN6OS/c1-19-25(14-13-23-8-4-5-15-34-23)39-30-27(19)28(21-9-11-22(31)12-10-21)35-24(29(33)37(30)20(2)32)18-26(38)36-16-6-3-7-17-36/h4-5,8-12,15,24,32-33H,3,6-7,16-18H2,1-2H3/t24-/m0/s1. The highest BCUT2D eigenvalue weighted by molar-refractivity contribution is 7.17. The van der Waals surface area contributed by atoms with Crippen LogP contribution in [0.4, 0.5) is 5.00 Å². The lowest BCUT2D eigenvalue weighted by atomic mass is 9.99. The number of nitrogens with one attached hydrogen (secondary N) is 2. The van der Waals surface area contributed by atoms with Gasteiger partial charge in [-0.2, -0.15) is 0 Å². The molecule has 9 heteroatoms. The molecular weight excluding hydrogens is 528 g/mol. The smallest absolute Gasteiger partial charge is 0.225 e. The van der Waals surface area contributed by atoms with Gasteiger partial charge in [-0.3, -0.25) is 25.5 Å². The van der Waals surface area contributed by atoms with Gasteiger partial charge in [0.2, 0.25) is 5.91 Å². The normalized spacial score (nSPS) is 17.1. The summed E-state index contributed by atoms with van der Waals surface area (Å²) in [6.45, 7) is 5.13. The molecule has 2 aliphatic heterocycles. The average Bonchev–Trinajstić information content (AvgIpc) is 3.19. The van der Waals surface area contributed by atoms with Crippen molar-refractivity contribution in [3.8, 4) is 11.8 Å². The second-order valence-corrected chi connectivity index (χ2v) is 11.1. The zero-order valence-corrected chi connectivity index (χ0v) is 23.5. The minimum atomic E-state index is -0.729. The van der Waals surface area contributed by atoms with Crippen LogP contribution in [0.1, 0.15) is 59.9 Å². The van der Waals surface area contributed by atoms with Crippen LogP contribution < -0.4 is 4.90 Å². The molecule has 1 saturated heterocycles. The fourth-order valence-electron chi connectivity index (χ4n) is 4.89. The van der Waals surface area contributed by atoms with Crippen LogP contribution in [-0.4, -0.2) is 52.3 Å². The number of likely N-dealkylation sites (tertiary alicyclic amines) is 1. The number of thiophene rings is 1. The predicted octanol–water partition coefficient (Wildman–Crippen LogP) is 5.91. The number of amidine groups is 2. The molecule has 1 aromatic carbocycles. The lowest BCUT2D eigenvalue weighted by Gasteiger charge is -2.29. The van der Waals surface area contributed by atoms with Crippen LogP contribution in [0.3, 0.4) is 0 Å². The number of anilines is 1. The Hall–Kier alpha value is -3.80. The van der Waals surface area contributed by atoms with Crippen molar-refractivity contribution < 1.29 is 4.79 Å². The van der Waals surface area contributed by atoms with Gasteiger partial charge in [0, 0.05) is 35.4 Å². The van der Waals surface area contributed by atoms with Crippen LogP contribution in [0.2, 0.25) is 5.02 Å². The zero-order chi connectivity index (χ0) is 27.5. The third-order valence-corrected chi connectivity index (χ3v) is 8.35. The summed E-state index contributed by atoms with van der Waals surface area (Å²) < 4.78 is 0. The Morgan fingerprint density at radius 1 is 1.13 bits per heavy atom. The van der Waals surface area contributed by atoms with Crippen molar-refractivity contribution >= 4 is 51.2 Å². The van der Waals surface area contributed by atoms with Crippen molar-refractivity contribution in [2.24, 2.45) is 4.99 Å². The maximum atomic E-state index is 13.3. The van der Waals surface area contributed by atoms with E-state index in [4.69, 9.17) is 27.4 Å². The Morgan fingerprint density at radius 3 is 2.54 bits per heavy atom. The number of aliphatic imine (C=N–C) groups is 1. The van der Waals surface area contributed by atoms with E-state index in [1.54, 1.807) is 18.0 Å². The monoisotopic (exact) mass is 556 g/mol. The number of halogens is 1. The largest absolute Gasteiger partial charge is 0.343 e. The second kappa shape index (κ2) is 11.5. The van der Waals surface area contributed by atoms with Gasteiger partial charge in [0.05, 0.1) is 17.0 Å². The number of rotatable bonds is 3. The minimum absolute atomic E-state index is 0.00451. The van der Waals surface area contributed by atoms with E-state index in [0.717, 1.165) is 53.9 Å². The van der Waals surface area contributed by atoms with E-state index in [0.29, 0.717) is 21.4 Å². The van der Waals surface area contributed by atoms with Crippen LogP contribution >= 0.6 is 22.9 Å². The first kappa shape index (κ1) is 26.8. The molecule has 0 unspecified atom stereocenters. The highest BCUT2D eigenvalue weighted by Gasteiger charge is 2.36. The topological polar surface area (TPSA) is 96.5 Å². The first-order valence-corrected chi connectivity index (χ1v) is 14.1. The lowest BCUT2D eigenvalue weighted by molar-refractivity contribution is -0.132. The summed E-state index contributed by atoms with van der Waals surface area (Å²) in [5.41, 5.74) is 3.90. The highest BCUT2D eigenvalue weighted by atomic mass is 35.5. The molecule has 1 fully saturated rings. The molecule has 2 aromatic heterocycles. The van der Waals surface area contributed by atoms with Gasteiger partial charge in [-0.1, -0.05) is 29.8 Å². The van der Waals surface area contributed by atoms with E-state index in [-0.39, 0.29) is 24.0 Å². The van der Waals surface area contributed by atoms with Crippen LogP contribution in [-0.2, 0) is 4.79 Å². The molecule has 0 saturated carbocycles. The highest BCUT2D eigenvalue weighted by Crippen LogP contribution is 2.40. The molecule has 0 spiro atoms. The number of pyridine rings is 1. The summed E-state index contributed by atoms with van der Waals surface area (Å²) in [6.07, 6.45) is 4.92. The fourth-order valence-corrected chi connectivity index (χ4v) is 6.25. The van der Waals surface area contributed by atoms with Gasteiger partial charge >= 0.3 is 0 Å². The summed E-state index contributed by atoms with van der Waals surface area (Å²) >= 11 is 7.63. The van der Waals surface area contributed by atoms with Crippen molar-refractivity contribution in [1.29, 1.82) is 10.8 Å². The molecule has 4 heterocycles. The van der Waals surface area contributed by atoms with Gasteiger partial charge in [0.25, 0.3) is 0 Å². The molecule has 2 N–H and O–H groups in total. The number of carbonyl (C=O) groups excluding carboxylic acids is 1. The van der Waals surface area contributed by atoms with Gasteiger partial charge in [-0.15, -0.1) is 11.3 Å². The molecule has 0 radical (unpaired) electrons. The molecule has 3 aromatic rings. The van der Waals surface area contributed by atoms with Crippen LogP contribution in [0.5, 0.6) is 0 Å². The van der Waals surface area contributed by atoms with Gasteiger partial charge < -0.3 is 4.90 Å². The summed E-state index contributed by atoms with van der Waals surface area (Å²) in [6, 6.07) is 12.3. The third kappa shape index (κ3) is 5.65. The first-order chi connectivity index (χ1) is 18.8. The number of amides is 1. The molecule has 0 bridgehead atoms. The quantitative estimate of drug-likeness (QED) is 0.238. The Balaban J connectivity index is 1.64. The van der Waals surface area contributed by atoms with Crippen LogP contribution in [0.15, 0.2) is 53.7 Å². The van der Waals surface area contributed by atoms with Crippen molar-refractivity contribution in [2.75, 3.05) is 18.0 Å². The maximum Gasteiger partial charge on any atom is 0.225 e. The maximum absolute atomic E-state index is 13.3. The van der Waals surface area contributed by atoms with Crippen molar-refractivity contribution in [3.63, 3.8) is 0 Å². The summed E-state index contributed by atoms with van der Waals surface area (Å²) in [7, 11) is 0. The van der Waals surface area contributed by atoms with Crippen molar-refractivity contribution in [3.05, 3.63) is 80.9 Å². The fraction of sp³-hybridized carbons (Fsp3) is 0.300. The Kier molecular flexibility index (Phi) is 7.92. The van der Waals surface area contributed by atoms with Gasteiger partial charge in [0.15, 0.2) is 0 Å². The van der Waals surface area contributed by atoms with Crippen molar-refractivity contribution in [2.45, 2.75) is 45.6 Å². The molecule has 1 amide bonds. The van der Waals surface area contributed by atoms with Gasteiger partial charge in [-0.05, 0) is 74.8 Å². The number of benzene rings is 1. The lowest BCUT2D eigenvalue weighted by Crippen LogP contribution is -2.43. The summed E-state index contributed by atoms with van der Waals surface area (Å²) in [4.78, 5) is 27.0. The van der Waals surface area contributed by atoms with Crippen LogP contribution in [0, 0.1) is 29.6 Å². The number of aromatic nitrogens is 1. The predicted molar refractivity (Wildman–Crippen MR) is 159 cm³/mol. The number of hydrogen-bond donors (Lipinski definition) is 2. The van der Waals surface area contributed by atoms with Crippen molar-refractivity contribution in [1.82, 2.24) is 9.88 Å². The number of carbonyl (C=O) groups is 1. The number of piperidine rings is 1. The van der Waals surface area contributed by atoms with E-state index in [2.05, 4.69) is 16.8 Å². The third-order valence-electron chi connectivity index (χ3n) is 6.91. The Morgan fingerprint density at radius 2 is 1.87 bits per heavy atom.